The molecule has 2 aliphatic heterocycles. The number of anilines is 1. The van der Waals surface area contributed by atoms with E-state index in [-0.39, 0.29) is 54.1 Å². The Labute approximate surface area is 310 Å². The molecule has 2 heterocycles. The van der Waals surface area contributed by atoms with Crippen LogP contribution in [-0.4, -0.2) is 63.4 Å². The van der Waals surface area contributed by atoms with Crippen LogP contribution in [0, 0.1) is 23.7 Å². The van der Waals surface area contributed by atoms with Crippen LogP contribution in [0.15, 0.2) is 78.4 Å². The van der Waals surface area contributed by atoms with Gasteiger partial charge in [-0.2, -0.15) is 5.01 Å². The fourth-order valence-electron chi connectivity index (χ4n) is 8.93. The van der Waals surface area contributed by atoms with Gasteiger partial charge in [-0.15, -0.1) is 0 Å². The average molecular weight is 747 g/mol. The molecule has 4 aliphatic rings. The molecule has 2 aliphatic carbocycles. The number of unbranched alkanes of at least 4 members (excludes halogenated alkanes) is 2. The van der Waals surface area contributed by atoms with Crippen LogP contribution in [0.2, 0.25) is 10.0 Å². The van der Waals surface area contributed by atoms with Gasteiger partial charge in [0.1, 0.15) is 11.5 Å². The Morgan fingerprint density at radius 3 is 2.38 bits per heavy atom. The van der Waals surface area contributed by atoms with E-state index in [1.165, 1.54) is 24.1 Å². The molecule has 2 saturated heterocycles. The number of phenolic OH excluding ortho intramolecular Hbond substituents is 1. The van der Waals surface area contributed by atoms with Crippen molar-refractivity contribution in [2.24, 2.45) is 23.7 Å². The molecule has 13 heteroatoms. The number of likely N-dealkylation sites (tertiary alicyclic amines) is 1. The number of nitrogens with zero attached hydrogens (tertiary/aromatic N) is 2. The zero-order valence-electron chi connectivity index (χ0n) is 28.3. The van der Waals surface area contributed by atoms with E-state index in [0.717, 1.165) is 5.01 Å². The molecule has 4 amide bonds. The molecular formula is C39H37Cl2N3O8. The molecule has 11 nitrogen and oxygen atoms in total. The van der Waals surface area contributed by atoms with Gasteiger partial charge in [0, 0.05) is 29.5 Å². The topological polar surface area (TPSA) is 154 Å². The Morgan fingerprint density at radius 1 is 0.942 bits per heavy atom. The van der Waals surface area contributed by atoms with Gasteiger partial charge in [0.15, 0.2) is 0 Å². The van der Waals surface area contributed by atoms with Crippen LogP contribution in [-0.2, 0) is 29.4 Å². The quantitative estimate of drug-likeness (QED) is 0.116. The van der Waals surface area contributed by atoms with Crippen molar-refractivity contribution in [3.8, 4) is 11.5 Å². The van der Waals surface area contributed by atoms with Gasteiger partial charge in [-0.3, -0.25) is 34.3 Å². The van der Waals surface area contributed by atoms with Crippen LogP contribution >= 0.6 is 23.2 Å². The zero-order chi connectivity index (χ0) is 36.9. The number of carboxylic acids is 1. The number of halogens is 2. The van der Waals surface area contributed by atoms with Crippen LogP contribution in [0.3, 0.4) is 0 Å². The number of fused-ring (bicyclic) bond motifs is 4. The number of benzene rings is 3. The first kappa shape index (κ1) is 35.5. The molecule has 3 aromatic rings. The lowest BCUT2D eigenvalue weighted by Gasteiger charge is -2.50. The molecule has 3 fully saturated rings. The van der Waals surface area contributed by atoms with E-state index in [4.69, 9.17) is 33.0 Å². The van der Waals surface area contributed by atoms with Gasteiger partial charge in [0.2, 0.25) is 11.8 Å². The number of ether oxygens (including phenoxy) is 1. The highest BCUT2D eigenvalue weighted by Gasteiger charge is 2.70. The number of methoxy groups -OCH3 is 1. The van der Waals surface area contributed by atoms with Crippen LogP contribution < -0.4 is 10.2 Å². The number of nitrogens with one attached hydrogen (secondary N) is 1. The molecule has 6 atom stereocenters. The van der Waals surface area contributed by atoms with Gasteiger partial charge in [-0.1, -0.05) is 71.6 Å². The normalized spacial score (nSPS) is 26.5. The number of imide groups is 2. The van der Waals surface area contributed by atoms with Crippen molar-refractivity contribution < 1.29 is 38.9 Å². The largest absolute Gasteiger partial charge is 0.508 e. The van der Waals surface area contributed by atoms with Crippen LogP contribution in [0.4, 0.5) is 5.69 Å². The molecule has 6 unspecified atom stereocenters. The van der Waals surface area contributed by atoms with Crippen molar-refractivity contribution in [1.82, 2.24) is 9.91 Å². The number of rotatable bonds is 11. The van der Waals surface area contributed by atoms with Gasteiger partial charge >= 0.3 is 5.97 Å². The molecule has 1 saturated carbocycles. The maximum atomic E-state index is 15.3. The first-order chi connectivity index (χ1) is 25.0. The average Bonchev–Trinajstić information content (AvgIpc) is 3.50. The summed E-state index contributed by atoms with van der Waals surface area (Å²) in [6, 6.07) is 18.3. The van der Waals surface area contributed by atoms with E-state index in [9.17, 15) is 24.3 Å². The molecule has 7 rings (SSSR count). The summed E-state index contributed by atoms with van der Waals surface area (Å²) in [5.74, 6) is -6.10. The second kappa shape index (κ2) is 13.9. The van der Waals surface area contributed by atoms with E-state index in [0.29, 0.717) is 46.7 Å². The highest BCUT2D eigenvalue weighted by molar-refractivity contribution is 6.36. The number of amides is 4. The lowest BCUT2D eigenvalue weighted by atomic mass is 9.49. The Kier molecular flexibility index (Phi) is 9.52. The Hall–Kier alpha value is -4.87. The number of hydrazine groups is 1. The Morgan fingerprint density at radius 2 is 1.69 bits per heavy atom. The minimum atomic E-state index is -1.58. The van der Waals surface area contributed by atoms with E-state index < -0.39 is 52.8 Å². The fraction of sp³-hybridized carbons (Fsp3) is 0.359. The van der Waals surface area contributed by atoms with Crippen molar-refractivity contribution in [3.63, 3.8) is 0 Å². The maximum Gasteiger partial charge on any atom is 0.303 e. The molecule has 270 valence electrons. The summed E-state index contributed by atoms with van der Waals surface area (Å²) in [6.07, 6.45) is 3.72. The number of para-hydroxylation sites is 1. The van der Waals surface area contributed by atoms with Gasteiger partial charge in [-0.25, -0.2) is 0 Å². The lowest BCUT2D eigenvalue weighted by Crippen LogP contribution is -2.53. The number of allylic oxidation sites excluding steroid dienone is 2. The van der Waals surface area contributed by atoms with Gasteiger partial charge in [0.25, 0.3) is 11.8 Å². The number of hydrogen-bond donors (Lipinski definition) is 3. The molecule has 0 aromatic heterocycles. The summed E-state index contributed by atoms with van der Waals surface area (Å²) in [5.41, 5.74) is 3.31. The third-order valence-corrected chi connectivity index (χ3v) is 11.7. The van der Waals surface area contributed by atoms with Crippen molar-refractivity contribution in [2.75, 3.05) is 19.1 Å². The van der Waals surface area contributed by atoms with Gasteiger partial charge < -0.3 is 14.9 Å². The minimum absolute atomic E-state index is 0.0103. The molecule has 0 radical (unpaired) electrons. The molecule has 3 N–H and O–H groups in total. The minimum Gasteiger partial charge on any atom is -0.508 e. The molecule has 0 spiro atoms. The van der Waals surface area contributed by atoms with Gasteiger partial charge in [0.05, 0.1) is 41.0 Å². The number of aliphatic carboxylic acids is 1. The second-order valence-corrected chi connectivity index (χ2v) is 14.6. The number of carboxylic acid groups (broad SMARTS) is 1. The summed E-state index contributed by atoms with van der Waals surface area (Å²) < 4.78 is 5.43. The highest BCUT2D eigenvalue weighted by Crippen LogP contribution is 2.65. The number of aromatic hydroxyl groups is 1. The number of carbonyl (C=O) groups is 5. The Balaban J connectivity index is 1.35. The second-order valence-electron chi connectivity index (χ2n) is 13.8. The van der Waals surface area contributed by atoms with Crippen LogP contribution in [0.1, 0.15) is 55.6 Å². The summed E-state index contributed by atoms with van der Waals surface area (Å²) in [4.78, 5) is 70.3. The first-order valence-electron chi connectivity index (χ1n) is 17.3. The van der Waals surface area contributed by atoms with Gasteiger partial charge in [-0.05, 0) is 73.6 Å². The number of hydrogen-bond acceptors (Lipinski definition) is 8. The van der Waals surface area contributed by atoms with E-state index >= 15 is 4.79 Å². The summed E-state index contributed by atoms with van der Waals surface area (Å²) in [6.45, 7) is 0.172. The van der Waals surface area contributed by atoms with Crippen molar-refractivity contribution >= 4 is 58.5 Å². The molecule has 3 aromatic carbocycles. The molecule has 0 bridgehead atoms. The van der Waals surface area contributed by atoms with E-state index in [2.05, 4.69) is 5.43 Å². The van der Waals surface area contributed by atoms with Crippen LogP contribution in [0.5, 0.6) is 11.5 Å². The van der Waals surface area contributed by atoms with E-state index in [1.807, 2.05) is 6.08 Å². The predicted octanol–water partition coefficient (Wildman–Crippen LogP) is 6.34. The number of carbonyl (C=O) groups excluding carboxylic acids is 4. The highest BCUT2D eigenvalue weighted by atomic mass is 35.5. The monoisotopic (exact) mass is 745 g/mol. The van der Waals surface area contributed by atoms with E-state index in [1.54, 1.807) is 54.6 Å². The van der Waals surface area contributed by atoms with Crippen molar-refractivity contribution in [2.45, 2.75) is 49.9 Å². The van der Waals surface area contributed by atoms with Crippen LogP contribution in [0.25, 0.3) is 0 Å². The zero-order valence-corrected chi connectivity index (χ0v) is 29.8. The SMILES string of the molecule is COc1ccc(C23C(=O)N(Nc4ccc(Cl)cc4Cl)C(=O)C2CC2C(=CCC4C(=O)N(CCCCCC(=O)O)C(=O)C42)C3c2ccccc2O)cc1. The Bertz CT molecular complexity index is 2000. The third-order valence-electron chi connectivity index (χ3n) is 11.2. The van der Waals surface area contributed by atoms with Crippen molar-refractivity contribution in [3.05, 3.63) is 99.6 Å². The predicted molar refractivity (Wildman–Crippen MR) is 192 cm³/mol. The smallest absolute Gasteiger partial charge is 0.303 e. The maximum absolute atomic E-state index is 15.3. The summed E-state index contributed by atoms with van der Waals surface area (Å²) >= 11 is 12.6. The summed E-state index contributed by atoms with van der Waals surface area (Å²) in [5, 5.41) is 22.0. The molecular weight excluding hydrogens is 709 g/mol. The lowest BCUT2D eigenvalue weighted by molar-refractivity contribution is -0.141. The third kappa shape index (κ3) is 5.70. The number of phenols is 1. The first-order valence-corrected chi connectivity index (χ1v) is 18.0. The standard InChI is InChI=1S/C39H37Cl2N3O8/c1-52-23-13-10-21(11-14-23)39-28(36(49)44(38(39)51)42-30-17-12-22(40)19-29(30)41)20-27-24(34(39)25-7-4-5-8-31(25)45)15-16-26-33(27)37(50)43(35(26)48)18-6-2-3-9-32(46)47/h4-5,7-8,10-15,17,19,26-28,33-34,42,45H,2-3,6,9,16,18,20H2,1H3,(H,46,47). The molecule has 52 heavy (non-hydrogen) atoms. The fourth-order valence-corrected chi connectivity index (χ4v) is 9.38. The summed E-state index contributed by atoms with van der Waals surface area (Å²) in [7, 11) is 1.53. The van der Waals surface area contributed by atoms with Crippen molar-refractivity contribution in [1.29, 1.82) is 0 Å².